The van der Waals surface area contributed by atoms with Gasteiger partial charge in [0.2, 0.25) is 0 Å². The summed E-state index contributed by atoms with van der Waals surface area (Å²) in [5, 5.41) is 10.9. The summed E-state index contributed by atoms with van der Waals surface area (Å²) in [5.74, 6) is 2.03. The molecule has 1 aliphatic carbocycles. The van der Waals surface area contributed by atoms with Crippen molar-refractivity contribution in [2.24, 2.45) is 22.2 Å². The van der Waals surface area contributed by atoms with E-state index in [9.17, 15) is 0 Å². The normalized spacial score (nSPS) is 17.2. The number of likely N-dealkylation sites (tertiary alicyclic amines) is 1. The predicted molar refractivity (Wildman–Crippen MR) is 268 cm³/mol. The lowest BCUT2D eigenvalue weighted by atomic mass is 9.75. The molecule has 0 spiro atoms. The second kappa shape index (κ2) is 28.1. The summed E-state index contributed by atoms with van der Waals surface area (Å²) in [5.41, 5.74) is 8.70. The molecular formula is C53H101N7. The van der Waals surface area contributed by atoms with Crippen molar-refractivity contribution in [1.82, 2.24) is 30.0 Å². The Morgan fingerprint density at radius 2 is 1.22 bits per heavy atom. The number of piperidine rings is 1. The SMILES string of the molecule is C.CC.CC.CC(C)(C)C1=CCCCC1.CC(C)(C)c1ccnc2c1CCN2.CC(C)(C)c1cncnn1.CN1CC=C(C(C)(C)C)CC1.CN1CCC(C(C)(C)C)CC1. The molecule has 5 heterocycles. The maximum absolute atomic E-state index is 4.32. The average Bonchev–Trinajstić information content (AvgIpc) is 3.66. The van der Waals surface area contributed by atoms with Crippen LogP contribution in [0, 0.1) is 22.2 Å². The zero-order chi connectivity index (χ0) is 45.7. The van der Waals surface area contributed by atoms with Gasteiger partial charge in [0, 0.05) is 31.2 Å². The highest BCUT2D eigenvalue weighted by molar-refractivity contribution is 5.54. The zero-order valence-electron chi connectivity index (χ0n) is 42.9. The maximum Gasteiger partial charge on any atom is 0.138 e. The molecule has 2 aromatic rings. The molecule has 0 saturated carbocycles. The fourth-order valence-corrected chi connectivity index (χ4v) is 7.34. The molecule has 0 atom stereocenters. The molecule has 2 aromatic heterocycles. The predicted octanol–water partition coefficient (Wildman–Crippen LogP) is 14.4. The summed E-state index contributed by atoms with van der Waals surface area (Å²) in [6.45, 7) is 47.9. The summed E-state index contributed by atoms with van der Waals surface area (Å²) >= 11 is 0. The van der Waals surface area contributed by atoms with E-state index in [4.69, 9.17) is 0 Å². The molecule has 6 rings (SSSR count). The van der Waals surface area contributed by atoms with Crippen LogP contribution < -0.4 is 5.32 Å². The Kier molecular flexibility index (Phi) is 27.9. The van der Waals surface area contributed by atoms with Crippen LogP contribution in [0.25, 0.3) is 0 Å². The van der Waals surface area contributed by atoms with E-state index in [1.165, 1.54) is 82.0 Å². The number of nitrogens with one attached hydrogen (secondary N) is 1. The fraction of sp³-hybridized carbons (Fsp3) is 0.774. The molecule has 60 heavy (non-hydrogen) atoms. The quantitative estimate of drug-likeness (QED) is 0.265. The molecule has 1 N–H and O–H groups in total. The van der Waals surface area contributed by atoms with Gasteiger partial charge >= 0.3 is 0 Å². The van der Waals surface area contributed by atoms with Gasteiger partial charge in [0.1, 0.15) is 12.1 Å². The largest absolute Gasteiger partial charge is 0.370 e. The fourth-order valence-electron chi connectivity index (χ4n) is 7.34. The second-order valence-corrected chi connectivity index (χ2v) is 21.5. The van der Waals surface area contributed by atoms with Gasteiger partial charge in [0.25, 0.3) is 0 Å². The lowest BCUT2D eigenvalue weighted by molar-refractivity contribution is 0.129. The first-order chi connectivity index (χ1) is 27.3. The minimum Gasteiger partial charge on any atom is -0.370 e. The van der Waals surface area contributed by atoms with E-state index in [0.29, 0.717) is 16.2 Å². The van der Waals surface area contributed by atoms with Gasteiger partial charge in [-0.3, -0.25) is 0 Å². The molecule has 3 aliphatic heterocycles. The van der Waals surface area contributed by atoms with Crippen molar-refractivity contribution in [3.63, 3.8) is 0 Å². The van der Waals surface area contributed by atoms with E-state index < -0.39 is 0 Å². The van der Waals surface area contributed by atoms with Crippen molar-refractivity contribution < 1.29 is 0 Å². The Hall–Kier alpha value is -2.64. The van der Waals surface area contributed by atoms with Crippen LogP contribution in [0.5, 0.6) is 0 Å². The van der Waals surface area contributed by atoms with E-state index in [0.717, 1.165) is 36.9 Å². The molecular weight excluding hydrogens is 735 g/mol. The van der Waals surface area contributed by atoms with Crippen LogP contribution >= 0.6 is 0 Å². The highest BCUT2D eigenvalue weighted by Gasteiger charge is 2.27. The van der Waals surface area contributed by atoms with E-state index in [1.54, 1.807) is 17.3 Å². The summed E-state index contributed by atoms with van der Waals surface area (Å²) in [4.78, 5) is 13.0. The van der Waals surface area contributed by atoms with Crippen LogP contribution in [-0.4, -0.2) is 76.8 Å². The first-order valence-corrected chi connectivity index (χ1v) is 23.4. The van der Waals surface area contributed by atoms with Gasteiger partial charge in [-0.05, 0) is 123 Å². The third kappa shape index (κ3) is 23.5. The number of anilines is 1. The Morgan fingerprint density at radius 1 is 0.650 bits per heavy atom. The number of nitrogens with zero attached hydrogens (tertiary/aromatic N) is 6. The number of rotatable bonds is 0. The molecule has 1 fully saturated rings. The van der Waals surface area contributed by atoms with Gasteiger partial charge < -0.3 is 15.1 Å². The Morgan fingerprint density at radius 3 is 1.60 bits per heavy atom. The lowest BCUT2D eigenvalue weighted by Gasteiger charge is -2.37. The Balaban J connectivity index is 0. The first kappa shape index (κ1) is 59.5. The molecule has 0 amide bonds. The van der Waals surface area contributed by atoms with Gasteiger partial charge in [-0.25, -0.2) is 9.97 Å². The topological polar surface area (TPSA) is 70.1 Å². The number of hydrogen-bond donors (Lipinski definition) is 1. The summed E-state index contributed by atoms with van der Waals surface area (Å²) in [7, 11) is 4.40. The molecule has 1 saturated heterocycles. The van der Waals surface area contributed by atoms with Gasteiger partial charge in [0.15, 0.2) is 0 Å². The molecule has 0 radical (unpaired) electrons. The molecule has 0 unspecified atom stereocenters. The minimum atomic E-state index is 0. The highest BCUT2D eigenvalue weighted by Crippen LogP contribution is 2.35. The van der Waals surface area contributed by atoms with Crippen LogP contribution in [0.2, 0.25) is 0 Å². The zero-order valence-corrected chi connectivity index (χ0v) is 42.9. The lowest BCUT2D eigenvalue weighted by Crippen LogP contribution is -2.35. The maximum atomic E-state index is 4.32. The summed E-state index contributed by atoms with van der Waals surface area (Å²) in [6.07, 6.45) is 20.5. The van der Waals surface area contributed by atoms with Gasteiger partial charge in [-0.15, -0.1) is 5.10 Å². The summed E-state index contributed by atoms with van der Waals surface area (Å²) < 4.78 is 0. The van der Waals surface area contributed by atoms with Crippen LogP contribution in [0.4, 0.5) is 5.82 Å². The molecule has 7 nitrogen and oxygen atoms in total. The summed E-state index contributed by atoms with van der Waals surface area (Å²) in [6, 6.07) is 2.14. The van der Waals surface area contributed by atoms with Crippen molar-refractivity contribution in [3.05, 3.63) is 64.9 Å². The van der Waals surface area contributed by atoms with Crippen molar-refractivity contribution in [2.75, 3.05) is 52.1 Å². The van der Waals surface area contributed by atoms with E-state index in [1.807, 2.05) is 33.9 Å². The second-order valence-electron chi connectivity index (χ2n) is 21.5. The number of likely N-dealkylation sites (N-methyl/N-ethyl adjacent to an activating group) is 1. The van der Waals surface area contributed by atoms with Crippen LogP contribution in [0.15, 0.2) is 48.1 Å². The third-order valence-corrected chi connectivity index (χ3v) is 11.4. The average molecular weight is 836 g/mol. The van der Waals surface area contributed by atoms with Gasteiger partial charge in [-0.2, -0.15) is 5.10 Å². The van der Waals surface area contributed by atoms with Crippen molar-refractivity contribution >= 4 is 5.82 Å². The van der Waals surface area contributed by atoms with Crippen molar-refractivity contribution in [1.29, 1.82) is 0 Å². The molecule has 348 valence electrons. The number of aromatic nitrogens is 4. The smallest absolute Gasteiger partial charge is 0.138 e. The standard InChI is InChI=1S/C11H16N2.C10H21N.C10H19N.C10H18.C7H11N3.2C2H6.CH4/c1-11(2,3)9-5-7-13-10-8(9)4-6-12-10;2*1-10(2,3)9-5-7-11(4)8-6-9;1-10(2,3)9-7-5-4-6-8-9;1-7(2,3)6-4-8-5-9-10-6;2*1-2;/h5,7H,4,6H2,1-3H3,(H,12,13);9H,5-8H2,1-4H3;5H,6-8H2,1-4H3;7H,4-6,8H2,1-3H3;4-5H,1-3H3;2*1-2H3;1H4. The molecule has 0 aromatic carbocycles. The van der Waals surface area contributed by atoms with Crippen molar-refractivity contribution in [3.8, 4) is 0 Å². The Bertz CT molecular complexity index is 1450. The molecule has 0 bridgehead atoms. The van der Waals surface area contributed by atoms with Crippen molar-refractivity contribution in [2.45, 2.75) is 201 Å². The first-order valence-electron chi connectivity index (χ1n) is 23.4. The van der Waals surface area contributed by atoms with E-state index in [-0.39, 0.29) is 18.3 Å². The minimum absolute atomic E-state index is 0. The molecule has 7 heteroatoms. The molecule has 4 aliphatic rings. The van der Waals surface area contributed by atoms with Gasteiger partial charge in [-0.1, -0.05) is 162 Å². The number of hydrogen-bond acceptors (Lipinski definition) is 7. The Labute approximate surface area is 374 Å². The van der Waals surface area contributed by atoms with Crippen LogP contribution in [0.3, 0.4) is 0 Å². The van der Waals surface area contributed by atoms with E-state index in [2.05, 4.69) is 171 Å². The highest BCUT2D eigenvalue weighted by atomic mass is 15.1. The number of fused-ring (bicyclic) bond motifs is 1. The van der Waals surface area contributed by atoms with Crippen LogP contribution in [-0.2, 0) is 17.3 Å². The third-order valence-electron chi connectivity index (χ3n) is 11.4. The van der Waals surface area contributed by atoms with Gasteiger partial charge in [0.05, 0.1) is 11.9 Å². The number of pyridine rings is 1. The van der Waals surface area contributed by atoms with Crippen LogP contribution in [0.1, 0.15) is 201 Å². The monoisotopic (exact) mass is 836 g/mol. The van der Waals surface area contributed by atoms with E-state index >= 15 is 0 Å². The number of allylic oxidation sites excluding steroid dienone is 2.